The lowest BCUT2D eigenvalue weighted by atomic mass is 10.1. The summed E-state index contributed by atoms with van der Waals surface area (Å²) in [6.45, 7) is 5.37. The minimum Gasteiger partial charge on any atom is -0.383 e. The van der Waals surface area contributed by atoms with Gasteiger partial charge >= 0.3 is 0 Å². The summed E-state index contributed by atoms with van der Waals surface area (Å²) in [5, 5.41) is 3.45. The number of rotatable bonds is 8. The van der Waals surface area contributed by atoms with Gasteiger partial charge in [-0.1, -0.05) is 29.8 Å². The molecule has 160 valence electrons. The molecular formula is C21H24BrN3O4S. The molecule has 0 radical (unpaired) electrons. The fourth-order valence-electron chi connectivity index (χ4n) is 3.21. The van der Waals surface area contributed by atoms with Crippen LogP contribution in [0.4, 0.5) is 4.79 Å². The second kappa shape index (κ2) is 9.80. The normalized spacial score (nSPS) is 15.8. The van der Waals surface area contributed by atoms with E-state index < -0.39 is 0 Å². The summed E-state index contributed by atoms with van der Waals surface area (Å²) in [6.07, 6.45) is 3.57. The van der Waals surface area contributed by atoms with Crippen LogP contribution in [0.3, 0.4) is 0 Å². The number of thioether (sulfide) groups is 1. The quantitative estimate of drug-likeness (QED) is 0.446. The average Bonchev–Trinajstić information content (AvgIpc) is 3.13. The number of imide groups is 1. The van der Waals surface area contributed by atoms with Gasteiger partial charge in [0.1, 0.15) is 6.54 Å². The molecule has 1 fully saturated rings. The number of hydrogen-bond donors (Lipinski definition) is 1. The molecule has 1 saturated heterocycles. The second-order valence-corrected chi connectivity index (χ2v) is 9.31. The number of halogens is 1. The highest BCUT2D eigenvalue weighted by molar-refractivity contribution is 9.10. The highest BCUT2D eigenvalue weighted by Gasteiger charge is 2.35. The number of methoxy groups -OCH3 is 1. The number of carbonyl (C=O) groups excluding carboxylic acids is 3. The third kappa shape index (κ3) is 5.14. The molecule has 3 rings (SSSR count). The van der Waals surface area contributed by atoms with Crippen molar-refractivity contribution in [2.24, 2.45) is 5.92 Å². The Hall–Kier alpha value is -2.10. The predicted octanol–water partition coefficient (Wildman–Crippen LogP) is 3.86. The fourth-order valence-corrected chi connectivity index (χ4v) is 4.41. The van der Waals surface area contributed by atoms with Crippen LogP contribution in [0, 0.1) is 5.92 Å². The number of hydrogen-bond acceptors (Lipinski definition) is 5. The standard InChI is InChI=1S/C21H24BrN3O4S/c1-13(2)10-25-20(27)18(30-21(25)28)8-14-11-24(12-19(26)23-6-7-29-3)17-5-4-15(22)9-16(14)17/h4-5,8-9,11,13H,6-7,10,12H2,1-3H3,(H,23,26)/b18-8-. The Morgan fingerprint density at radius 1 is 1.33 bits per heavy atom. The molecule has 0 spiro atoms. The van der Waals surface area contributed by atoms with Crippen LogP contribution in [0.15, 0.2) is 33.8 Å². The van der Waals surface area contributed by atoms with E-state index in [1.807, 2.05) is 42.8 Å². The first-order valence-electron chi connectivity index (χ1n) is 9.59. The van der Waals surface area contributed by atoms with Gasteiger partial charge in [0.2, 0.25) is 5.91 Å². The highest BCUT2D eigenvalue weighted by atomic mass is 79.9. The fraction of sp³-hybridized carbons (Fsp3) is 0.381. The third-order valence-electron chi connectivity index (χ3n) is 4.52. The molecule has 1 aliphatic rings. The number of benzene rings is 1. The zero-order valence-corrected chi connectivity index (χ0v) is 19.5. The lowest BCUT2D eigenvalue weighted by Crippen LogP contribution is -2.31. The van der Waals surface area contributed by atoms with Crippen molar-refractivity contribution < 1.29 is 19.1 Å². The van der Waals surface area contributed by atoms with E-state index in [0.717, 1.165) is 32.7 Å². The first kappa shape index (κ1) is 22.6. The van der Waals surface area contributed by atoms with Gasteiger partial charge < -0.3 is 14.6 Å². The van der Waals surface area contributed by atoms with Crippen molar-refractivity contribution in [1.29, 1.82) is 0 Å². The smallest absolute Gasteiger partial charge is 0.293 e. The summed E-state index contributed by atoms with van der Waals surface area (Å²) in [7, 11) is 1.58. The van der Waals surface area contributed by atoms with Gasteiger partial charge in [-0.3, -0.25) is 19.3 Å². The zero-order chi connectivity index (χ0) is 21.8. The molecule has 1 N–H and O–H groups in total. The largest absolute Gasteiger partial charge is 0.383 e. The minimum absolute atomic E-state index is 0.129. The van der Waals surface area contributed by atoms with Gasteiger partial charge in [0.25, 0.3) is 11.1 Å². The van der Waals surface area contributed by atoms with Crippen LogP contribution >= 0.6 is 27.7 Å². The van der Waals surface area contributed by atoms with Crippen molar-refractivity contribution in [1.82, 2.24) is 14.8 Å². The number of carbonyl (C=O) groups is 3. The van der Waals surface area contributed by atoms with Gasteiger partial charge in [-0.15, -0.1) is 0 Å². The Morgan fingerprint density at radius 3 is 2.80 bits per heavy atom. The second-order valence-electron chi connectivity index (χ2n) is 7.40. The molecule has 0 saturated carbocycles. The van der Waals surface area contributed by atoms with Gasteiger partial charge in [0.15, 0.2) is 0 Å². The number of aromatic nitrogens is 1. The Bertz CT molecular complexity index is 1020. The predicted molar refractivity (Wildman–Crippen MR) is 122 cm³/mol. The Balaban J connectivity index is 1.92. The minimum atomic E-state index is -0.271. The van der Waals surface area contributed by atoms with E-state index in [2.05, 4.69) is 21.2 Å². The molecule has 3 amide bonds. The van der Waals surface area contributed by atoms with Crippen LogP contribution < -0.4 is 5.32 Å². The Labute approximate surface area is 187 Å². The van der Waals surface area contributed by atoms with Crippen LogP contribution in [-0.2, 0) is 20.9 Å². The lowest BCUT2D eigenvalue weighted by molar-refractivity contribution is -0.123. The van der Waals surface area contributed by atoms with E-state index in [1.165, 1.54) is 4.90 Å². The van der Waals surface area contributed by atoms with Crippen LogP contribution in [-0.4, -0.2) is 53.3 Å². The summed E-state index contributed by atoms with van der Waals surface area (Å²) in [5.41, 5.74) is 1.65. The molecule has 0 atom stereocenters. The van der Waals surface area contributed by atoms with Crippen molar-refractivity contribution in [3.63, 3.8) is 0 Å². The monoisotopic (exact) mass is 493 g/mol. The summed E-state index contributed by atoms with van der Waals surface area (Å²) in [6, 6.07) is 5.77. The summed E-state index contributed by atoms with van der Waals surface area (Å²) in [5.74, 6) is -0.199. The maximum absolute atomic E-state index is 12.7. The molecule has 1 aromatic carbocycles. The third-order valence-corrected chi connectivity index (χ3v) is 5.92. The van der Waals surface area contributed by atoms with Crippen molar-refractivity contribution in [2.45, 2.75) is 20.4 Å². The van der Waals surface area contributed by atoms with Gasteiger partial charge in [-0.2, -0.15) is 0 Å². The first-order valence-corrected chi connectivity index (χ1v) is 11.2. The Morgan fingerprint density at radius 2 is 2.10 bits per heavy atom. The number of ether oxygens (including phenoxy) is 1. The van der Waals surface area contributed by atoms with Crippen molar-refractivity contribution in [2.75, 3.05) is 26.8 Å². The van der Waals surface area contributed by atoms with E-state index in [4.69, 9.17) is 4.74 Å². The molecule has 30 heavy (non-hydrogen) atoms. The number of amides is 3. The maximum Gasteiger partial charge on any atom is 0.293 e. The van der Waals surface area contributed by atoms with Crippen molar-refractivity contribution in [3.8, 4) is 0 Å². The molecule has 9 heteroatoms. The highest BCUT2D eigenvalue weighted by Crippen LogP contribution is 2.35. The lowest BCUT2D eigenvalue weighted by Gasteiger charge is -2.14. The number of nitrogens with zero attached hydrogens (tertiary/aromatic N) is 2. The molecule has 1 aromatic heterocycles. The molecule has 2 aromatic rings. The van der Waals surface area contributed by atoms with Crippen LogP contribution in [0.2, 0.25) is 0 Å². The van der Waals surface area contributed by atoms with Gasteiger partial charge in [0, 0.05) is 47.3 Å². The number of fused-ring (bicyclic) bond motifs is 1. The molecule has 0 bridgehead atoms. The van der Waals surface area contributed by atoms with Gasteiger partial charge in [0.05, 0.1) is 11.5 Å². The van der Waals surface area contributed by atoms with Crippen LogP contribution in [0.1, 0.15) is 19.4 Å². The van der Waals surface area contributed by atoms with Crippen molar-refractivity contribution in [3.05, 3.63) is 39.3 Å². The van der Waals surface area contributed by atoms with E-state index in [0.29, 0.717) is 24.6 Å². The van der Waals surface area contributed by atoms with Gasteiger partial charge in [-0.05, 0) is 42.0 Å². The van der Waals surface area contributed by atoms with E-state index in [-0.39, 0.29) is 29.5 Å². The zero-order valence-electron chi connectivity index (χ0n) is 17.1. The molecule has 0 aliphatic carbocycles. The molecule has 0 unspecified atom stereocenters. The van der Waals surface area contributed by atoms with E-state index in [9.17, 15) is 14.4 Å². The number of nitrogens with one attached hydrogen (secondary N) is 1. The van der Waals surface area contributed by atoms with Crippen molar-refractivity contribution >= 4 is 61.7 Å². The molecule has 7 nitrogen and oxygen atoms in total. The molecule has 2 heterocycles. The first-order chi connectivity index (χ1) is 14.3. The van der Waals surface area contributed by atoms with E-state index >= 15 is 0 Å². The summed E-state index contributed by atoms with van der Waals surface area (Å²) in [4.78, 5) is 38.9. The summed E-state index contributed by atoms with van der Waals surface area (Å²) < 4.78 is 7.69. The average molecular weight is 494 g/mol. The summed E-state index contributed by atoms with van der Waals surface area (Å²) >= 11 is 4.43. The maximum atomic E-state index is 12.7. The van der Waals surface area contributed by atoms with Crippen LogP contribution in [0.5, 0.6) is 0 Å². The molecular weight excluding hydrogens is 470 g/mol. The van der Waals surface area contributed by atoms with E-state index in [1.54, 1.807) is 13.2 Å². The topological polar surface area (TPSA) is 80.6 Å². The Kier molecular flexibility index (Phi) is 7.38. The SMILES string of the molecule is COCCNC(=O)Cn1cc(/C=C2\SC(=O)N(CC(C)C)C2=O)c2cc(Br)ccc21. The molecule has 1 aliphatic heterocycles. The van der Waals surface area contributed by atoms with Gasteiger partial charge in [-0.25, -0.2) is 0 Å². The van der Waals surface area contributed by atoms with Crippen LogP contribution in [0.25, 0.3) is 17.0 Å².